The van der Waals surface area contributed by atoms with Crippen molar-refractivity contribution in [3.05, 3.63) is 53.4 Å². The average molecular weight is 442 g/mol. The SMILES string of the molecule is Cc1c(-c2c3[se]c4[se]cnc4c3nc[n+]2C)ccc2ccccc12. The summed E-state index contributed by atoms with van der Waals surface area (Å²) in [5.41, 5.74) is 6.23. The van der Waals surface area contributed by atoms with E-state index in [-0.39, 0.29) is 0 Å². The van der Waals surface area contributed by atoms with Crippen LogP contribution in [-0.2, 0) is 7.05 Å². The van der Waals surface area contributed by atoms with Crippen LogP contribution >= 0.6 is 0 Å². The van der Waals surface area contributed by atoms with Gasteiger partial charge >= 0.3 is 151 Å². The van der Waals surface area contributed by atoms with E-state index in [4.69, 9.17) is 4.98 Å². The predicted molar refractivity (Wildman–Crippen MR) is 99.8 cm³/mol. The van der Waals surface area contributed by atoms with Crippen molar-refractivity contribution in [2.24, 2.45) is 7.05 Å². The van der Waals surface area contributed by atoms with Gasteiger partial charge in [0.1, 0.15) is 0 Å². The molecule has 0 spiro atoms. The van der Waals surface area contributed by atoms with Crippen molar-refractivity contribution >= 4 is 58.2 Å². The fourth-order valence-electron chi connectivity index (χ4n) is 3.35. The summed E-state index contributed by atoms with van der Waals surface area (Å²) < 4.78 is 5.11. The zero-order chi connectivity index (χ0) is 16.3. The summed E-state index contributed by atoms with van der Waals surface area (Å²) in [6.07, 6.45) is 1.94. The third kappa shape index (κ3) is 2.00. The summed E-state index contributed by atoms with van der Waals surface area (Å²) in [6, 6.07) is 13.1. The van der Waals surface area contributed by atoms with E-state index in [2.05, 4.69) is 65.0 Å². The number of hydrogen-bond donors (Lipinski definition) is 0. The molecule has 5 rings (SSSR count). The molecule has 0 aliphatic carbocycles. The summed E-state index contributed by atoms with van der Waals surface area (Å²) in [5.74, 6) is 0. The molecular weight excluding hydrogens is 428 g/mol. The fourth-order valence-corrected chi connectivity index (χ4v) is 8.59. The second-order valence-electron chi connectivity index (χ2n) is 5.93. The minimum atomic E-state index is 0.348. The first-order chi connectivity index (χ1) is 11.7. The van der Waals surface area contributed by atoms with E-state index in [1.807, 2.05) is 6.33 Å². The number of hydrogen-bond acceptors (Lipinski definition) is 2. The first-order valence-corrected chi connectivity index (χ1v) is 11.3. The van der Waals surface area contributed by atoms with Crippen LogP contribution in [-0.4, -0.2) is 39.0 Å². The zero-order valence-electron chi connectivity index (χ0n) is 13.3. The van der Waals surface area contributed by atoms with Crippen molar-refractivity contribution in [1.82, 2.24) is 9.97 Å². The molecule has 3 nitrogen and oxygen atoms in total. The number of fused-ring (bicyclic) bond motifs is 4. The van der Waals surface area contributed by atoms with Crippen LogP contribution in [0.4, 0.5) is 0 Å². The van der Waals surface area contributed by atoms with Crippen molar-refractivity contribution in [2.45, 2.75) is 6.92 Å². The van der Waals surface area contributed by atoms with Crippen molar-refractivity contribution in [2.75, 3.05) is 0 Å². The molecule has 0 aliphatic rings. The first kappa shape index (κ1) is 14.6. The molecule has 0 atom stereocenters. The summed E-state index contributed by atoms with van der Waals surface area (Å²) in [4.78, 5) is 9.30. The second kappa shape index (κ2) is 5.37. The van der Waals surface area contributed by atoms with Crippen LogP contribution in [0, 0.1) is 6.92 Å². The molecule has 2 aromatic carbocycles. The van der Waals surface area contributed by atoms with Crippen LogP contribution < -0.4 is 4.57 Å². The van der Waals surface area contributed by atoms with Gasteiger partial charge in [-0.1, -0.05) is 0 Å². The van der Waals surface area contributed by atoms with Gasteiger partial charge in [0.15, 0.2) is 0 Å². The second-order valence-corrected chi connectivity index (χ2v) is 11.2. The van der Waals surface area contributed by atoms with E-state index in [9.17, 15) is 0 Å². The van der Waals surface area contributed by atoms with E-state index in [0.29, 0.717) is 29.0 Å². The van der Waals surface area contributed by atoms with Crippen molar-refractivity contribution in [1.29, 1.82) is 0 Å². The number of aryl methyl sites for hydroxylation is 2. The van der Waals surface area contributed by atoms with Crippen LogP contribution in [0.2, 0.25) is 0 Å². The zero-order valence-corrected chi connectivity index (χ0v) is 16.7. The van der Waals surface area contributed by atoms with E-state index in [1.54, 1.807) is 0 Å². The molecule has 0 amide bonds. The van der Waals surface area contributed by atoms with Gasteiger partial charge in [0.2, 0.25) is 0 Å². The molecular formula is C19H14N3Se2+. The normalized spacial score (nSPS) is 11.8. The Balaban J connectivity index is 1.92. The Hall–Kier alpha value is -1.77. The Kier molecular flexibility index (Phi) is 3.26. The topological polar surface area (TPSA) is 29.7 Å². The third-order valence-corrected chi connectivity index (χ3v) is 9.84. The van der Waals surface area contributed by atoms with Gasteiger partial charge in [-0.25, -0.2) is 0 Å². The number of nitrogens with zero attached hydrogens (tertiary/aromatic N) is 3. The molecule has 0 fully saturated rings. The van der Waals surface area contributed by atoms with Gasteiger partial charge in [0, 0.05) is 0 Å². The van der Waals surface area contributed by atoms with Crippen LogP contribution in [0.5, 0.6) is 0 Å². The molecule has 24 heavy (non-hydrogen) atoms. The molecule has 0 aliphatic heterocycles. The van der Waals surface area contributed by atoms with Crippen LogP contribution in [0.1, 0.15) is 5.56 Å². The van der Waals surface area contributed by atoms with Gasteiger partial charge in [-0.2, -0.15) is 0 Å². The van der Waals surface area contributed by atoms with E-state index >= 15 is 0 Å². The molecule has 0 unspecified atom stereocenters. The molecule has 116 valence electrons. The van der Waals surface area contributed by atoms with Gasteiger partial charge < -0.3 is 0 Å². The van der Waals surface area contributed by atoms with Gasteiger partial charge in [-0.15, -0.1) is 0 Å². The van der Waals surface area contributed by atoms with Crippen molar-refractivity contribution in [3.8, 4) is 11.3 Å². The quantitative estimate of drug-likeness (QED) is 0.295. The maximum absolute atomic E-state index is 4.70. The first-order valence-electron chi connectivity index (χ1n) is 7.73. The molecule has 0 saturated heterocycles. The molecule has 5 heteroatoms. The minimum absolute atomic E-state index is 0.348. The summed E-state index contributed by atoms with van der Waals surface area (Å²) in [7, 11) is 2.10. The maximum atomic E-state index is 4.70. The Bertz CT molecular complexity index is 1230. The van der Waals surface area contributed by atoms with Gasteiger partial charge in [0.25, 0.3) is 0 Å². The number of benzene rings is 2. The van der Waals surface area contributed by atoms with E-state index in [0.717, 1.165) is 11.0 Å². The Morgan fingerprint density at radius 1 is 1.00 bits per heavy atom. The Labute approximate surface area is 151 Å². The number of aromatic nitrogens is 3. The van der Waals surface area contributed by atoms with Crippen LogP contribution in [0.3, 0.4) is 0 Å². The average Bonchev–Trinajstić information content (AvgIpc) is 3.17. The monoisotopic (exact) mass is 444 g/mol. The standard InChI is InChI=1S/C19H14N3Se2/c1-11-13-6-4-3-5-12(13)7-8-14(11)17-18-15(20-9-22(17)2)16-19(24-18)23-10-21-16/h3-10H,1-2H3/q+1. The Morgan fingerprint density at radius 3 is 2.79 bits per heavy atom. The van der Waals surface area contributed by atoms with Gasteiger partial charge in [0.05, 0.1) is 0 Å². The van der Waals surface area contributed by atoms with Gasteiger partial charge in [-0.05, 0) is 0 Å². The Morgan fingerprint density at radius 2 is 1.88 bits per heavy atom. The molecule has 3 aromatic heterocycles. The molecule has 5 aromatic rings. The molecule has 0 N–H and O–H groups in total. The summed E-state index contributed by atoms with van der Waals surface area (Å²) >= 11 is 0.769. The van der Waals surface area contributed by atoms with Crippen LogP contribution in [0.15, 0.2) is 47.8 Å². The van der Waals surface area contributed by atoms with Crippen molar-refractivity contribution < 1.29 is 4.57 Å². The summed E-state index contributed by atoms with van der Waals surface area (Å²) in [6.45, 7) is 2.23. The number of rotatable bonds is 1. The summed E-state index contributed by atoms with van der Waals surface area (Å²) in [5, 5.41) is 4.71. The third-order valence-electron chi connectivity index (χ3n) is 4.55. The van der Waals surface area contributed by atoms with Crippen LogP contribution in [0.25, 0.3) is 40.5 Å². The molecule has 0 saturated carbocycles. The van der Waals surface area contributed by atoms with Gasteiger partial charge in [-0.3, -0.25) is 0 Å². The van der Waals surface area contributed by atoms with E-state index in [1.165, 1.54) is 35.0 Å². The van der Waals surface area contributed by atoms with E-state index < -0.39 is 0 Å². The predicted octanol–water partition coefficient (Wildman–Crippen LogP) is 2.85. The molecule has 3 heterocycles. The molecule has 0 radical (unpaired) electrons. The fraction of sp³-hybridized carbons (Fsp3) is 0.105. The van der Waals surface area contributed by atoms with Crippen molar-refractivity contribution in [3.63, 3.8) is 0 Å². The molecule has 0 bridgehead atoms.